The van der Waals surface area contributed by atoms with Crippen LogP contribution in [0.2, 0.25) is 0 Å². The fourth-order valence-electron chi connectivity index (χ4n) is 1.73. The average Bonchev–Trinajstić information content (AvgIpc) is 2.48. The van der Waals surface area contributed by atoms with E-state index in [0.717, 1.165) is 4.48 Å². The van der Waals surface area contributed by atoms with Crippen molar-refractivity contribution in [2.24, 2.45) is 0 Å². The third-order valence-electron chi connectivity index (χ3n) is 2.38. The van der Waals surface area contributed by atoms with E-state index in [1.807, 2.05) is 0 Å². The molecule has 0 fully saturated rings. The van der Waals surface area contributed by atoms with Crippen molar-refractivity contribution in [2.45, 2.75) is 0 Å². The summed E-state index contributed by atoms with van der Waals surface area (Å²) in [5.74, 6) is 0. The molecule has 0 spiro atoms. The normalized spacial score (nSPS) is 14.7. The highest BCUT2D eigenvalue weighted by Crippen LogP contribution is 2.31. The third-order valence-corrected chi connectivity index (χ3v) is 2.38. The summed E-state index contributed by atoms with van der Waals surface area (Å²) in [7, 11) is 6.59. The van der Waals surface area contributed by atoms with Gasteiger partial charge in [-0.2, -0.15) is 0 Å². The van der Waals surface area contributed by atoms with E-state index in [9.17, 15) is 0 Å². The van der Waals surface area contributed by atoms with Crippen molar-refractivity contribution >= 4 is 11.8 Å². The molecule has 0 aromatic heterocycles. The molecular formula is C12H15N+. The molecule has 0 aliphatic heterocycles. The Morgan fingerprint density at radius 3 is 2.54 bits per heavy atom. The molecule has 0 amide bonds. The quantitative estimate of drug-likeness (QED) is 0.572. The van der Waals surface area contributed by atoms with Crippen molar-refractivity contribution in [1.29, 1.82) is 0 Å². The van der Waals surface area contributed by atoms with Gasteiger partial charge in [0.1, 0.15) is 5.69 Å². The second-order valence-electron chi connectivity index (χ2n) is 4.32. The standard InChI is InChI=1S/C12H15N/c1-13(2,3)12-9-5-7-10-6-4-8-11(10)12/h4-9H,1-3H3/q+1. The van der Waals surface area contributed by atoms with Gasteiger partial charge in [0.2, 0.25) is 0 Å². The largest absolute Gasteiger partial charge is 0.298 e. The Kier molecular flexibility index (Phi) is 1.77. The smallest absolute Gasteiger partial charge is 0.136 e. The molecule has 0 saturated carbocycles. The van der Waals surface area contributed by atoms with Gasteiger partial charge in [0, 0.05) is 12.0 Å². The van der Waals surface area contributed by atoms with Gasteiger partial charge in [0.25, 0.3) is 0 Å². The first-order valence-corrected chi connectivity index (χ1v) is 4.55. The molecule has 2 rings (SSSR count). The van der Waals surface area contributed by atoms with E-state index in [1.54, 1.807) is 0 Å². The highest BCUT2D eigenvalue weighted by Gasteiger charge is 2.20. The summed E-state index contributed by atoms with van der Waals surface area (Å²) in [6.07, 6.45) is 6.46. The number of hydrogen-bond donors (Lipinski definition) is 0. The predicted octanol–water partition coefficient (Wildman–Crippen LogP) is 2.46. The Morgan fingerprint density at radius 2 is 1.85 bits per heavy atom. The topological polar surface area (TPSA) is 0 Å². The van der Waals surface area contributed by atoms with Crippen LogP contribution in [0.25, 0.3) is 6.08 Å². The zero-order valence-electron chi connectivity index (χ0n) is 8.41. The maximum absolute atomic E-state index is 2.20. The summed E-state index contributed by atoms with van der Waals surface area (Å²) < 4.78 is 0.876. The van der Waals surface area contributed by atoms with Gasteiger partial charge in [-0.25, -0.2) is 0 Å². The Labute approximate surface area is 79.9 Å². The first-order chi connectivity index (χ1) is 6.09. The molecule has 1 nitrogen and oxygen atoms in total. The van der Waals surface area contributed by atoms with Crippen LogP contribution >= 0.6 is 0 Å². The van der Waals surface area contributed by atoms with Crippen molar-refractivity contribution in [2.75, 3.05) is 21.1 Å². The second kappa shape index (κ2) is 2.71. The fraction of sp³-hybridized carbons (Fsp3) is 0.250. The maximum Gasteiger partial charge on any atom is 0.136 e. The first kappa shape index (κ1) is 8.52. The van der Waals surface area contributed by atoms with Gasteiger partial charge >= 0.3 is 0 Å². The summed E-state index contributed by atoms with van der Waals surface area (Å²) in [5, 5.41) is 0. The van der Waals surface area contributed by atoms with Gasteiger partial charge in [-0.3, -0.25) is 4.48 Å². The summed E-state index contributed by atoms with van der Waals surface area (Å²) in [4.78, 5) is 0. The van der Waals surface area contributed by atoms with Gasteiger partial charge in [0.15, 0.2) is 0 Å². The van der Waals surface area contributed by atoms with Gasteiger partial charge in [-0.15, -0.1) is 0 Å². The SMILES string of the molecule is C[N+](C)(C)c1cccc2c1[CH]C=C2. The number of nitrogens with zero attached hydrogens (tertiary/aromatic N) is 1. The molecule has 0 bridgehead atoms. The van der Waals surface area contributed by atoms with E-state index >= 15 is 0 Å². The van der Waals surface area contributed by atoms with Crippen molar-refractivity contribution < 1.29 is 0 Å². The van der Waals surface area contributed by atoms with Crippen LogP contribution in [0.5, 0.6) is 0 Å². The van der Waals surface area contributed by atoms with E-state index < -0.39 is 0 Å². The molecule has 0 N–H and O–H groups in total. The van der Waals surface area contributed by atoms with Crippen LogP contribution in [0.4, 0.5) is 5.69 Å². The van der Waals surface area contributed by atoms with Gasteiger partial charge in [0.05, 0.1) is 21.1 Å². The molecule has 1 heteroatoms. The van der Waals surface area contributed by atoms with Crippen LogP contribution in [0.3, 0.4) is 0 Å². The van der Waals surface area contributed by atoms with Crippen molar-refractivity contribution in [3.8, 4) is 0 Å². The molecule has 1 aromatic rings. The van der Waals surface area contributed by atoms with Crippen molar-refractivity contribution in [3.05, 3.63) is 41.8 Å². The molecule has 1 aromatic carbocycles. The summed E-state index contributed by atoms with van der Waals surface area (Å²) >= 11 is 0. The minimum Gasteiger partial charge on any atom is -0.298 e. The molecule has 0 heterocycles. The molecular weight excluding hydrogens is 158 g/mol. The van der Waals surface area contributed by atoms with Crippen LogP contribution in [-0.4, -0.2) is 21.1 Å². The lowest BCUT2D eigenvalue weighted by molar-refractivity contribution is 0.485. The number of hydrogen-bond acceptors (Lipinski definition) is 0. The lowest BCUT2D eigenvalue weighted by atomic mass is 10.1. The van der Waals surface area contributed by atoms with Crippen molar-refractivity contribution in [3.63, 3.8) is 0 Å². The molecule has 67 valence electrons. The summed E-state index contributed by atoms with van der Waals surface area (Å²) in [5.41, 5.74) is 4.09. The van der Waals surface area contributed by atoms with E-state index in [-0.39, 0.29) is 0 Å². The monoisotopic (exact) mass is 173 g/mol. The van der Waals surface area contributed by atoms with Crippen LogP contribution in [0.15, 0.2) is 24.3 Å². The third kappa shape index (κ3) is 1.40. The molecule has 13 heavy (non-hydrogen) atoms. The van der Waals surface area contributed by atoms with Gasteiger partial charge in [-0.05, 0) is 11.6 Å². The highest BCUT2D eigenvalue weighted by atomic mass is 15.3. The number of rotatable bonds is 1. The number of allylic oxidation sites excluding steroid dienone is 1. The fourth-order valence-corrected chi connectivity index (χ4v) is 1.73. The Balaban J connectivity index is 2.57. The Bertz CT molecular complexity index is 356. The van der Waals surface area contributed by atoms with E-state index in [4.69, 9.17) is 0 Å². The Hall–Kier alpha value is -1.08. The van der Waals surface area contributed by atoms with E-state index in [1.165, 1.54) is 16.8 Å². The summed E-state index contributed by atoms with van der Waals surface area (Å²) in [6, 6.07) is 6.48. The molecule has 1 radical (unpaired) electrons. The van der Waals surface area contributed by atoms with Crippen LogP contribution in [0, 0.1) is 6.42 Å². The van der Waals surface area contributed by atoms with E-state index in [0.29, 0.717) is 0 Å². The lowest BCUT2D eigenvalue weighted by Crippen LogP contribution is -2.35. The van der Waals surface area contributed by atoms with Gasteiger partial charge < -0.3 is 0 Å². The minimum absolute atomic E-state index is 0.876. The summed E-state index contributed by atoms with van der Waals surface area (Å²) in [6.45, 7) is 0. The first-order valence-electron chi connectivity index (χ1n) is 4.55. The molecule has 0 unspecified atom stereocenters. The van der Waals surface area contributed by atoms with Crippen LogP contribution in [0.1, 0.15) is 11.1 Å². The molecule has 1 aliphatic carbocycles. The number of benzene rings is 1. The maximum atomic E-state index is 2.20. The predicted molar refractivity (Wildman–Crippen MR) is 58.4 cm³/mol. The zero-order valence-corrected chi connectivity index (χ0v) is 8.41. The number of fused-ring (bicyclic) bond motifs is 1. The second-order valence-corrected chi connectivity index (χ2v) is 4.32. The van der Waals surface area contributed by atoms with E-state index in [2.05, 4.69) is 57.9 Å². The molecule has 1 aliphatic rings. The molecule has 0 saturated heterocycles. The number of quaternary nitrogens is 1. The lowest BCUT2D eigenvalue weighted by Gasteiger charge is -2.25. The van der Waals surface area contributed by atoms with Crippen LogP contribution < -0.4 is 4.48 Å². The minimum atomic E-state index is 0.876. The van der Waals surface area contributed by atoms with Gasteiger partial charge in [-0.1, -0.05) is 24.3 Å². The van der Waals surface area contributed by atoms with Crippen molar-refractivity contribution in [1.82, 2.24) is 4.48 Å². The van der Waals surface area contributed by atoms with Crippen LogP contribution in [-0.2, 0) is 0 Å². The average molecular weight is 173 g/mol. The highest BCUT2D eigenvalue weighted by molar-refractivity contribution is 5.73. The molecule has 0 atom stereocenters. The zero-order chi connectivity index (χ0) is 9.47. The Morgan fingerprint density at radius 1 is 1.08 bits per heavy atom.